The minimum Gasteiger partial charge on any atom is -0.487 e. The summed E-state index contributed by atoms with van der Waals surface area (Å²) in [6.45, 7) is 2.72. The number of nitrogens with one attached hydrogen (secondary N) is 1. The molecule has 1 N–H and O–H groups in total. The van der Waals surface area contributed by atoms with Gasteiger partial charge in [0.1, 0.15) is 12.2 Å². The van der Waals surface area contributed by atoms with Crippen molar-refractivity contribution in [3.05, 3.63) is 39.4 Å². The maximum absolute atomic E-state index is 13.4. The second-order valence-corrected chi connectivity index (χ2v) is 9.33. The number of aromatic nitrogens is 3. The van der Waals surface area contributed by atoms with Gasteiger partial charge in [0.05, 0.1) is 48.6 Å². The highest BCUT2D eigenvalue weighted by molar-refractivity contribution is 6.30. The van der Waals surface area contributed by atoms with Crippen LogP contribution >= 0.6 is 11.6 Å². The van der Waals surface area contributed by atoms with E-state index in [9.17, 15) is 22.8 Å². The average molecular weight is 529 g/mol. The number of alkyl halides is 3. The van der Waals surface area contributed by atoms with Gasteiger partial charge in [-0.05, 0) is 6.42 Å². The molecule has 0 unspecified atom stereocenters. The van der Waals surface area contributed by atoms with Gasteiger partial charge in [-0.25, -0.2) is 10.1 Å². The van der Waals surface area contributed by atoms with Crippen molar-refractivity contribution in [2.24, 2.45) is 0 Å². The molecule has 2 saturated heterocycles. The lowest BCUT2D eigenvalue weighted by molar-refractivity contribution is -0.138. The topological polar surface area (TPSA) is 104 Å². The van der Waals surface area contributed by atoms with Crippen molar-refractivity contribution in [2.45, 2.75) is 31.1 Å². The third kappa shape index (κ3) is 4.81. The third-order valence-electron chi connectivity index (χ3n) is 6.68. The van der Waals surface area contributed by atoms with E-state index in [4.69, 9.17) is 21.1 Å². The molecule has 0 aliphatic carbocycles. The quantitative estimate of drug-likeness (QED) is 0.567. The van der Waals surface area contributed by atoms with E-state index in [1.165, 1.54) is 4.90 Å². The molecule has 0 aromatic carbocycles. The normalized spacial score (nSPS) is 21.4. The zero-order valence-corrected chi connectivity index (χ0v) is 19.9. The van der Waals surface area contributed by atoms with Crippen molar-refractivity contribution in [2.75, 3.05) is 55.8 Å². The van der Waals surface area contributed by atoms with Crippen LogP contribution in [0.1, 0.15) is 18.4 Å². The van der Waals surface area contributed by atoms with Crippen LogP contribution in [-0.4, -0.2) is 84.1 Å². The van der Waals surface area contributed by atoms with Crippen LogP contribution < -0.4 is 20.1 Å². The number of aromatic amines is 1. The number of hydrogen-bond acceptors (Lipinski definition) is 8. The van der Waals surface area contributed by atoms with Crippen molar-refractivity contribution in [3.8, 4) is 5.75 Å². The molecule has 10 nitrogen and oxygen atoms in total. The Kier molecular flexibility index (Phi) is 6.68. The summed E-state index contributed by atoms with van der Waals surface area (Å²) in [6.07, 6.45) is -1.44. The molecule has 2 aromatic rings. The number of anilines is 2. The molecule has 0 radical (unpaired) electrons. The lowest BCUT2D eigenvalue weighted by Crippen LogP contribution is -2.58. The van der Waals surface area contributed by atoms with Gasteiger partial charge in [0.2, 0.25) is 5.91 Å². The molecule has 5 heterocycles. The van der Waals surface area contributed by atoms with Crippen LogP contribution in [0, 0.1) is 0 Å². The molecule has 2 fully saturated rings. The summed E-state index contributed by atoms with van der Waals surface area (Å²) in [5, 5.41) is 5.86. The summed E-state index contributed by atoms with van der Waals surface area (Å²) in [5.41, 5.74) is -2.79. The minimum atomic E-state index is -4.79. The van der Waals surface area contributed by atoms with Crippen LogP contribution in [0.3, 0.4) is 0 Å². The lowest BCUT2D eigenvalue weighted by atomic mass is 10.0. The average Bonchev–Trinajstić information content (AvgIpc) is 2.81. The highest BCUT2D eigenvalue weighted by Gasteiger charge is 2.42. The third-order valence-corrected chi connectivity index (χ3v) is 6.89. The molecule has 2 atom stereocenters. The van der Waals surface area contributed by atoms with E-state index >= 15 is 0 Å². The minimum absolute atomic E-state index is 0.0150. The van der Waals surface area contributed by atoms with Crippen molar-refractivity contribution >= 4 is 29.0 Å². The molecule has 3 aliphatic heterocycles. The summed E-state index contributed by atoms with van der Waals surface area (Å²) in [5.74, 6) is 1.30. The fourth-order valence-electron chi connectivity index (χ4n) is 4.77. The van der Waals surface area contributed by atoms with E-state index in [1.54, 1.807) is 17.2 Å². The lowest BCUT2D eigenvalue weighted by Gasteiger charge is -2.44. The van der Waals surface area contributed by atoms with Crippen LogP contribution in [0.2, 0.25) is 5.02 Å². The van der Waals surface area contributed by atoms with Crippen LogP contribution in [0.25, 0.3) is 0 Å². The van der Waals surface area contributed by atoms with Crippen molar-refractivity contribution in [3.63, 3.8) is 0 Å². The van der Waals surface area contributed by atoms with E-state index in [0.29, 0.717) is 50.0 Å². The van der Waals surface area contributed by atoms with Gasteiger partial charge in [-0.3, -0.25) is 9.59 Å². The monoisotopic (exact) mass is 528 g/mol. The zero-order valence-electron chi connectivity index (χ0n) is 19.1. The Bertz CT molecular complexity index is 1200. The summed E-state index contributed by atoms with van der Waals surface area (Å²) in [7, 11) is 0. The first-order valence-corrected chi connectivity index (χ1v) is 11.9. The van der Waals surface area contributed by atoms with Crippen molar-refractivity contribution in [1.29, 1.82) is 0 Å². The summed E-state index contributed by atoms with van der Waals surface area (Å²) in [4.78, 5) is 34.2. The molecule has 5 rings (SSSR count). The van der Waals surface area contributed by atoms with Gasteiger partial charge in [0.15, 0.2) is 11.6 Å². The van der Waals surface area contributed by atoms with Gasteiger partial charge in [-0.2, -0.15) is 18.3 Å². The molecule has 194 valence electrons. The fraction of sp³-hybridized carbons (Fsp3) is 0.545. The predicted octanol–water partition coefficient (Wildman–Crippen LogP) is 1.93. The molecule has 14 heteroatoms. The first kappa shape index (κ1) is 24.6. The Morgan fingerprint density at radius 3 is 2.83 bits per heavy atom. The number of ether oxygens (including phenoxy) is 2. The van der Waals surface area contributed by atoms with Gasteiger partial charge in [0.25, 0.3) is 5.56 Å². The standard InChI is InChI=1S/C22H24ClF3N6O4/c23-13-7-17-20(27-8-13)32-5-4-30(10-15(32)12-36-17)18(33)2-6-35-11-14-1-3-31(14)16-9-28-29-21(34)19(16)22(24,25)26/h7-9,14-15H,1-6,10-12H2,(H,29,34)/t14-,15-/m0/s1. The van der Waals surface area contributed by atoms with E-state index in [0.717, 1.165) is 12.0 Å². The number of hydrogen-bond donors (Lipinski definition) is 1. The Balaban J connectivity index is 1.10. The van der Waals surface area contributed by atoms with Crippen LogP contribution in [0.4, 0.5) is 24.7 Å². The van der Waals surface area contributed by atoms with E-state index in [-0.39, 0.29) is 43.3 Å². The Morgan fingerprint density at radius 2 is 2.08 bits per heavy atom. The number of fused-ring (bicyclic) bond motifs is 3. The molecule has 0 saturated carbocycles. The number of H-pyrrole nitrogens is 1. The summed E-state index contributed by atoms with van der Waals surface area (Å²) < 4.78 is 51.5. The van der Waals surface area contributed by atoms with E-state index < -0.39 is 17.3 Å². The highest BCUT2D eigenvalue weighted by atomic mass is 35.5. The zero-order chi connectivity index (χ0) is 25.4. The van der Waals surface area contributed by atoms with Gasteiger partial charge >= 0.3 is 6.18 Å². The highest BCUT2D eigenvalue weighted by Crippen LogP contribution is 2.37. The summed E-state index contributed by atoms with van der Waals surface area (Å²) >= 11 is 5.99. The van der Waals surface area contributed by atoms with Crippen molar-refractivity contribution in [1.82, 2.24) is 20.1 Å². The molecule has 36 heavy (non-hydrogen) atoms. The largest absolute Gasteiger partial charge is 0.487 e. The Hall–Kier alpha value is -3.06. The van der Waals surface area contributed by atoms with Crippen molar-refractivity contribution < 1.29 is 27.4 Å². The second-order valence-electron chi connectivity index (χ2n) is 8.89. The molecule has 2 aromatic heterocycles. The van der Waals surface area contributed by atoms with Crippen LogP contribution in [0.15, 0.2) is 23.3 Å². The molecule has 0 spiro atoms. The van der Waals surface area contributed by atoms with E-state index in [1.807, 2.05) is 5.10 Å². The molecular weight excluding hydrogens is 505 g/mol. The second kappa shape index (κ2) is 9.77. The maximum Gasteiger partial charge on any atom is 0.423 e. The number of pyridine rings is 1. The number of nitrogens with zero attached hydrogens (tertiary/aromatic N) is 5. The first-order valence-electron chi connectivity index (χ1n) is 11.5. The number of carbonyl (C=O) groups is 1. The number of amides is 1. The van der Waals surface area contributed by atoms with Crippen LogP contribution in [-0.2, 0) is 15.7 Å². The van der Waals surface area contributed by atoms with Crippen LogP contribution in [0.5, 0.6) is 5.75 Å². The fourth-order valence-corrected chi connectivity index (χ4v) is 4.92. The molecule has 3 aliphatic rings. The first-order chi connectivity index (χ1) is 17.2. The predicted molar refractivity (Wildman–Crippen MR) is 124 cm³/mol. The Morgan fingerprint density at radius 1 is 1.25 bits per heavy atom. The smallest absolute Gasteiger partial charge is 0.423 e. The number of halogens is 4. The van der Waals surface area contributed by atoms with Gasteiger partial charge in [0, 0.05) is 38.4 Å². The van der Waals surface area contributed by atoms with Gasteiger partial charge in [-0.1, -0.05) is 11.6 Å². The van der Waals surface area contributed by atoms with E-state index in [2.05, 4.69) is 15.0 Å². The maximum atomic E-state index is 13.4. The molecular formula is C22H24ClF3N6O4. The van der Waals surface area contributed by atoms with Gasteiger partial charge < -0.3 is 24.2 Å². The van der Waals surface area contributed by atoms with Gasteiger partial charge in [-0.15, -0.1) is 0 Å². The summed E-state index contributed by atoms with van der Waals surface area (Å²) in [6, 6.07) is 1.39. The SMILES string of the molecule is O=C(CCOC[C@@H]1CCN1c1cn[nH]c(=O)c1C(F)(F)F)N1CCN2c3ncc(Cl)cc3OC[C@@H]2C1. The number of rotatable bonds is 6. The number of carbonyl (C=O) groups excluding carboxylic acids is 1. The number of piperazine rings is 1. The molecule has 0 bridgehead atoms. The Labute approximate surface area is 208 Å². The molecule has 1 amide bonds.